The van der Waals surface area contributed by atoms with E-state index < -0.39 is 6.04 Å². The van der Waals surface area contributed by atoms with Gasteiger partial charge in [-0.3, -0.25) is 0 Å². The van der Waals surface area contributed by atoms with E-state index in [9.17, 15) is 0 Å². The highest BCUT2D eigenvalue weighted by atomic mass is 35.5. The zero-order valence-electron chi connectivity index (χ0n) is 12.2. The lowest BCUT2D eigenvalue weighted by Gasteiger charge is -2.20. The summed E-state index contributed by atoms with van der Waals surface area (Å²) < 4.78 is 16.1. The van der Waals surface area contributed by atoms with Crippen molar-refractivity contribution in [1.29, 1.82) is 0 Å². The summed E-state index contributed by atoms with van der Waals surface area (Å²) in [4.78, 5) is 0. The Morgan fingerprint density at radius 2 is 1.57 bits per heavy atom. The van der Waals surface area contributed by atoms with Crippen LogP contribution in [0.15, 0.2) is 36.4 Å². The molecule has 0 aliphatic rings. The fourth-order valence-corrected chi connectivity index (χ4v) is 2.40. The number of benzene rings is 2. The lowest BCUT2D eigenvalue weighted by molar-refractivity contribution is 0.366. The fraction of sp³-hybridized carbons (Fsp3) is 0.250. The summed E-state index contributed by atoms with van der Waals surface area (Å²) in [6, 6.07) is 10.6. The van der Waals surface area contributed by atoms with Gasteiger partial charge in [-0.25, -0.2) is 0 Å². The van der Waals surface area contributed by atoms with Gasteiger partial charge in [0.15, 0.2) is 0 Å². The molecule has 0 aliphatic carbocycles. The van der Waals surface area contributed by atoms with Crippen LogP contribution in [0.3, 0.4) is 0 Å². The van der Waals surface area contributed by atoms with Gasteiger partial charge in [-0.05, 0) is 17.7 Å². The molecule has 1 unspecified atom stereocenters. The molecule has 0 spiro atoms. The molecule has 0 fully saturated rings. The van der Waals surface area contributed by atoms with Crippen LogP contribution in [0.25, 0.3) is 0 Å². The Labute approximate surface area is 129 Å². The van der Waals surface area contributed by atoms with Crippen LogP contribution >= 0.6 is 11.6 Å². The average molecular weight is 308 g/mol. The standard InChI is InChI=1S/C16H18ClNO3/c1-19-12-8-13(20-2)15(14(9-12)21-3)16(18)10-5-4-6-11(17)7-10/h4-9,16H,18H2,1-3H3. The van der Waals surface area contributed by atoms with Crippen molar-refractivity contribution >= 4 is 11.6 Å². The molecule has 0 radical (unpaired) electrons. The molecule has 112 valence electrons. The first-order chi connectivity index (χ1) is 10.1. The number of rotatable bonds is 5. The second kappa shape index (κ2) is 6.70. The Morgan fingerprint density at radius 1 is 0.952 bits per heavy atom. The second-order valence-electron chi connectivity index (χ2n) is 4.48. The molecule has 2 aromatic rings. The van der Waals surface area contributed by atoms with Crippen molar-refractivity contribution in [3.05, 3.63) is 52.5 Å². The third-order valence-corrected chi connectivity index (χ3v) is 3.51. The lowest BCUT2D eigenvalue weighted by Crippen LogP contribution is -2.14. The van der Waals surface area contributed by atoms with E-state index in [4.69, 9.17) is 31.5 Å². The maximum absolute atomic E-state index is 6.37. The fourth-order valence-electron chi connectivity index (χ4n) is 2.21. The van der Waals surface area contributed by atoms with E-state index in [1.807, 2.05) is 18.2 Å². The van der Waals surface area contributed by atoms with Gasteiger partial charge < -0.3 is 19.9 Å². The monoisotopic (exact) mass is 307 g/mol. The smallest absolute Gasteiger partial charge is 0.131 e. The van der Waals surface area contributed by atoms with E-state index in [0.717, 1.165) is 11.1 Å². The molecule has 2 rings (SSSR count). The molecule has 1 atom stereocenters. The van der Waals surface area contributed by atoms with Crippen molar-refractivity contribution in [3.8, 4) is 17.2 Å². The van der Waals surface area contributed by atoms with Gasteiger partial charge in [0.05, 0.1) is 32.9 Å². The molecule has 4 nitrogen and oxygen atoms in total. The number of hydrogen-bond donors (Lipinski definition) is 1. The maximum Gasteiger partial charge on any atom is 0.131 e. The Morgan fingerprint density at radius 3 is 2.05 bits per heavy atom. The van der Waals surface area contributed by atoms with Gasteiger partial charge >= 0.3 is 0 Å². The van der Waals surface area contributed by atoms with E-state index in [0.29, 0.717) is 22.3 Å². The summed E-state index contributed by atoms with van der Waals surface area (Å²) in [5.74, 6) is 1.86. The van der Waals surface area contributed by atoms with Gasteiger partial charge in [0.1, 0.15) is 17.2 Å². The highest BCUT2D eigenvalue weighted by molar-refractivity contribution is 6.30. The number of methoxy groups -OCH3 is 3. The van der Waals surface area contributed by atoms with E-state index in [2.05, 4.69) is 0 Å². The molecule has 0 saturated heterocycles. The minimum Gasteiger partial charge on any atom is -0.496 e. The number of nitrogens with two attached hydrogens (primary N) is 1. The van der Waals surface area contributed by atoms with E-state index in [1.54, 1.807) is 39.5 Å². The molecule has 0 heterocycles. The molecule has 0 aromatic heterocycles. The van der Waals surface area contributed by atoms with Crippen molar-refractivity contribution in [2.45, 2.75) is 6.04 Å². The van der Waals surface area contributed by atoms with Gasteiger partial charge in [0, 0.05) is 17.2 Å². The molecule has 5 heteroatoms. The summed E-state index contributed by atoms with van der Waals surface area (Å²) >= 11 is 6.03. The zero-order valence-corrected chi connectivity index (χ0v) is 13.0. The van der Waals surface area contributed by atoms with Crippen molar-refractivity contribution in [2.24, 2.45) is 5.73 Å². The largest absolute Gasteiger partial charge is 0.496 e. The van der Waals surface area contributed by atoms with Crippen LogP contribution in [0.5, 0.6) is 17.2 Å². The highest BCUT2D eigenvalue weighted by Crippen LogP contribution is 2.39. The Balaban J connectivity index is 2.55. The summed E-state index contributed by atoms with van der Waals surface area (Å²) in [6.07, 6.45) is 0. The maximum atomic E-state index is 6.37. The predicted octanol–water partition coefficient (Wildman–Crippen LogP) is 3.41. The molecule has 2 N–H and O–H groups in total. The van der Waals surface area contributed by atoms with E-state index in [1.165, 1.54) is 0 Å². The molecule has 0 bridgehead atoms. The second-order valence-corrected chi connectivity index (χ2v) is 4.91. The quantitative estimate of drug-likeness (QED) is 0.919. The van der Waals surface area contributed by atoms with Crippen LogP contribution in [0, 0.1) is 0 Å². The van der Waals surface area contributed by atoms with Crippen LogP contribution in [0.1, 0.15) is 17.2 Å². The molecule has 0 saturated carbocycles. The first-order valence-corrected chi connectivity index (χ1v) is 6.79. The third kappa shape index (κ3) is 3.23. The molecular formula is C16H18ClNO3. The lowest BCUT2D eigenvalue weighted by atomic mass is 9.97. The van der Waals surface area contributed by atoms with Crippen molar-refractivity contribution in [1.82, 2.24) is 0 Å². The van der Waals surface area contributed by atoms with E-state index in [-0.39, 0.29) is 0 Å². The normalized spacial score (nSPS) is 11.9. The predicted molar refractivity (Wildman–Crippen MR) is 83.6 cm³/mol. The number of hydrogen-bond acceptors (Lipinski definition) is 4. The van der Waals surface area contributed by atoms with Crippen LogP contribution in [0.2, 0.25) is 5.02 Å². The minimum atomic E-state index is -0.417. The topological polar surface area (TPSA) is 53.7 Å². The summed E-state index contributed by atoms with van der Waals surface area (Å²) in [5, 5.41) is 0.634. The first kappa shape index (κ1) is 15.5. The van der Waals surface area contributed by atoms with Crippen LogP contribution in [0.4, 0.5) is 0 Å². The zero-order chi connectivity index (χ0) is 15.4. The molecule has 0 amide bonds. The minimum absolute atomic E-state index is 0.417. The number of ether oxygens (including phenoxy) is 3. The van der Waals surface area contributed by atoms with Crippen LogP contribution in [-0.2, 0) is 0 Å². The van der Waals surface area contributed by atoms with Gasteiger partial charge in [-0.15, -0.1) is 0 Å². The Bertz CT molecular complexity index is 606. The van der Waals surface area contributed by atoms with E-state index >= 15 is 0 Å². The van der Waals surface area contributed by atoms with Crippen molar-refractivity contribution < 1.29 is 14.2 Å². The molecule has 21 heavy (non-hydrogen) atoms. The SMILES string of the molecule is COc1cc(OC)c(C(N)c2cccc(Cl)c2)c(OC)c1. The Kier molecular flexibility index (Phi) is 4.94. The molecule has 0 aliphatic heterocycles. The average Bonchev–Trinajstić information content (AvgIpc) is 2.52. The van der Waals surface area contributed by atoms with Crippen molar-refractivity contribution in [3.63, 3.8) is 0 Å². The van der Waals surface area contributed by atoms with Gasteiger partial charge in [0.2, 0.25) is 0 Å². The number of halogens is 1. The summed E-state index contributed by atoms with van der Waals surface area (Å²) in [6.45, 7) is 0. The third-order valence-electron chi connectivity index (χ3n) is 3.27. The van der Waals surface area contributed by atoms with Gasteiger partial charge in [0.25, 0.3) is 0 Å². The summed E-state index contributed by atoms with van der Waals surface area (Å²) in [7, 11) is 4.76. The van der Waals surface area contributed by atoms with Crippen LogP contribution < -0.4 is 19.9 Å². The summed E-state index contributed by atoms with van der Waals surface area (Å²) in [5.41, 5.74) is 8.00. The molecular weight excluding hydrogens is 290 g/mol. The first-order valence-electron chi connectivity index (χ1n) is 6.41. The van der Waals surface area contributed by atoms with Crippen molar-refractivity contribution in [2.75, 3.05) is 21.3 Å². The van der Waals surface area contributed by atoms with Gasteiger partial charge in [-0.2, -0.15) is 0 Å². The van der Waals surface area contributed by atoms with Gasteiger partial charge in [-0.1, -0.05) is 23.7 Å². The van der Waals surface area contributed by atoms with Crippen LogP contribution in [-0.4, -0.2) is 21.3 Å². The molecule has 2 aromatic carbocycles. The highest BCUT2D eigenvalue weighted by Gasteiger charge is 2.21. The Hall–Kier alpha value is -1.91.